The zero-order valence-electron chi connectivity index (χ0n) is 10.3. The van der Waals surface area contributed by atoms with Crippen molar-refractivity contribution in [2.75, 3.05) is 0 Å². The van der Waals surface area contributed by atoms with E-state index in [0.29, 0.717) is 6.04 Å². The highest BCUT2D eigenvalue weighted by atomic mass is 32.1. The maximum Gasteiger partial charge on any atom is 0.0972 e. The Kier molecular flexibility index (Phi) is 4.29. The highest BCUT2D eigenvalue weighted by Gasteiger charge is 2.03. The Morgan fingerprint density at radius 2 is 2.00 bits per heavy atom. The normalized spacial score (nSPS) is 11.0. The van der Waals surface area contributed by atoms with Crippen LogP contribution in [0.15, 0.2) is 35.7 Å². The molecule has 1 heterocycles. The van der Waals surface area contributed by atoms with E-state index in [-0.39, 0.29) is 0 Å². The molecular weight excluding hydrogens is 228 g/mol. The van der Waals surface area contributed by atoms with Crippen LogP contribution in [-0.2, 0) is 13.0 Å². The maximum absolute atomic E-state index is 4.63. The number of benzene rings is 1. The first-order valence-corrected chi connectivity index (χ1v) is 6.82. The van der Waals surface area contributed by atoms with Crippen molar-refractivity contribution in [3.8, 4) is 0 Å². The van der Waals surface area contributed by atoms with Crippen molar-refractivity contribution in [2.45, 2.75) is 32.9 Å². The second-order valence-corrected chi connectivity index (χ2v) is 5.37. The minimum Gasteiger partial charge on any atom is -0.309 e. The number of aromatic nitrogens is 1. The van der Waals surface area contributed by atoms with Gasteiger partial charge in [0.05, 0.1) is 10.7 Å². The zero-order chi connectivity index (χ0) is 12.1. The van der Waals surface area contributed by atoms with Crippen LogP contribution in [0.25, 0.3) is 0 Å². The monoisotopic (exact) mass is 246 g/mol. The van der Waals surface area contributed by atoms with E-state index >= 15 is 0 Å². The van der Waals surface area contributed by atoms with Crippen LogP contribution in [0, 0.1) is 0 Å². The number of rotatable bonds is 5. The predicted octanol–water partition coefficient (Wildman–Crippen LogP) is 3.23. The maximum atomic E-state index is 4.63. The third kappa shape index (κ3) is 3.95. The Bertz CT molecular complexity index is 448. The smallest absolute Gasteiger partial charge is 0.0972 e. The summed E-state index contributed by atoms with van der Waals surface area (Å²) < 4.78 is 0. The Hall–Kier alpha value is -1.19. The van der Waals surface area contributed by atoms with Gasteiger partial charge in [-0.25, -0.2) is 4.98 Å². The summed E-state index contributed by atoms with van der Waals surface area (Å²) in [6.45, 7) is 5.16. The Balaban J connectivity index is 1.94. The van der Waals surface area contributed by atoms with Gasteiger partial charge in [0.15, 0.2) is 0 Å². The molecule has 0 amide bonds. The van der Waals surface area contributed by atoms with Crippen LogP contribution in [0.4, 0.5) is 0 Å². The van der Waals surface area contributed by atoms with E-state index in [1.54, 1.807) is 11.3 Å². The standard InChI is InChI=1S/C14H18N2S/c1-11(2)15-9-13-10-17-14(16-13)8-12-6-4-3-5-7-12/h3-7,10-11,15H,8-9H2,1-2H3. The molecule has 90 valence electrons. The molecule has 1 N–H and O–H groups in total. The molecule has 1 aromatic heterocycles. The van der Waals surface area contributed by atoms with E-state index in [9.17, 15) is 0 Å². The van der Waals surface area contributed by atoms with Gasteiger partial charge in [-0.2, -0.15) is 0 Å². The number of nitrogens with one attached hydrogen (secondary N) is 1. The van der Waals surface area contributed by atoms with Gasteiger partial charge in [0.25, 0.3) is 0 Å². The van der Waals surface area contributed by atoms with Crippen LogP contribution < -0.4 is 5.32 Å². The summed E-state index contributed by atoms with van der Waals surface area (Å²) >= 11 is 1.74. The van der Waals surface area contributed by atoms with E-state index in [0.717, 1.165) is 18.7 Å². The average Bonchev–Trinajstić information content (AvgIpc) is 2.75. The predicted molar refractivity (Wildman–Crippen MR) is 73.3 cm³/mol. The lowest BCUT2D eigenvalue weighted by molar-refractivity contribution is 0.582. The van der Waals surface area contributed by atoms with Gasteiger partial charge >= 0.3 is 0 Å². The fourth-order valence-electron chi connectivity index (χ4n) is 1.59. The van der Waals surface area contributed by atoms with Crippen molar-refractivity contribution in [3.05, 3.63) is 52.0 Å². The molecule has 0 aliphatic rings. The molecule has 0 fully saturated rings. The van der Waals surface area contributed by atoms with Crippen LogP contribution >= 0.6 is 11.3 Å². The van der Waals surface area contributed by atoms with Gasteiger partial charge < -0.3 is 5.32 Å². The number of thiazole rings is 1. The molecule has 0 saturated heterocycles. The second kappa shape index (κ2) is 5.94. The van der Waals surface area contributed by atoms with Gasteiger partial charge in [0.1, 0.15) is 0 Å². The molecule has 0 spiro atoms. The summed E-state index contributed by atoms with van der Waals surface area (Å²) in [6, 6.07) is 11.0. The van der Waals surface area contributed by atoms with Crippen LogP contribution in [0.3, 0.4) is 0 Å². The van der Waals surface area contributed by atoms with E-state index in [4.69, 9.17) is 0 Å². The number of nitrogens with zero attached hydrogens (tertiary/aromatic N) is 1. The van der Waals surface area contributed by atoms with Crippen LogP contribution in [0.5, 0.6) is 0 Å². The van der Waals surface area contributed by atoms with Gasteiger partial charge in [0, 0.05) is 24.4 Å². The Morgan fingerprint density at radius 1 is 1.24 bits per heavy atom. The molecule has 1 aromatic carbocycles. The Labute approximate surface area is 107 Å². The quantitative estimate of drug-likeness (QED) is 0.876. The molecule has 0 bridgehead atoms. The van der Waals surface area contributed by atoms with E-state index in [1.165, 1.54) is 10.6 Å². The van der Waals surface area contributed by atoms with Gasteiger partial charge in [-0.15, -0.1) is 11.3 Å². The van der Waals surface area contributed by atoms with Crippen molar-refractivity contribution >= 4 is 11.3 Å². The van der Waals surface area contributed by atoms with Gasteiger partial charge in [-0.05, 0) is 5.56 Å². The molecule has 2 aromatic rings. The fourth-order valence-corrected chi connectivity index (χ4v) is 2.42. The summed E-state index contributed by atoms with van der Waals surface area (Å²) in [5.74, 6) is 0. The zero-order valence-corrected chi connectivity index (χ0v) is 11.1. The van der Waals surface area contributed by atoms with Crippen molar-refractivity contribution in [1.29, 1.82) is 0 Å². The summed E-state index contributed by atoms with van der Waals surface area (Å²) in [5.41, 5.74) is 2.47. The van der Waals surface area contributed by atoms with E-state index < -0.39 is 0 Å². The van der Waals surface area contributed by atoms with E-state index in [1.807, 2.05) is 6.07 Å². The molecule has 0 aliphatic carbocycles. The number of hydrogen-bond donors (Lipinski definition) is 1. The topological polar surface area (TPSA) is 24.9 Å². The molecule has 0 aliphatic heterocycles. The van der Waals surface area contributed by atoms with Crippen LogP contribution in [0.2, 0.25) is 0 Å². The first kappa shape index (κ1) is 12.3. The minimum atomic E-state index is 0.509. The van der Waals surface area contributed by atoms with Gasteiger partial charge in [-0.3, -0.25) is 0 Å². The molecule has 2 nitrogen and oxygen atoms in total. The first-order chi connectivity index (χ1) is 8.24. The van der Waals surface area contributed by atoms with Gasteiger partial charge in [-0.1, -0.05) is 44.2 Å². The first-order valence-electron chi connectivity index (χ1n) is 5.94. The molecule has 0 atom stereocenters. The summed E-state index contributed by atoms with van der Waals surface area (Å²) in [4.78, 5) is 4.63. The Morgan fingerprint density at radius 3 is 2.71 bits per heavy atom. The van der Waals surface area contributed by atoms with Crippen LogP contribution in [0.1, 0.15) is 30.1 Å². The lowest BCUT2D eigenvalue weighted by Crippen LogP contribution is -2.21. The van der Waals surface area contributed by atoms with Crippen molar-refractivity contribution in [2.24, 2.45) is 0 Å². The average molecular weight is 246 g/mol. The summed E-state index contributed by atoms with van der Waals surface area (Å²) in [6.07, 6.45) is 0.938. The number of hydrogen-bond acceptors (Lipinski definition) is 3. The summed E-state index contributed by atoms with van der Waals surface area (Å²) in [7, 11) is 0. The molecular formula is C14H18N2S. The summed E-state index contributed by atoms with van der Waals surface area (Å²) in [5, 5.41) is 6.72. The van der Waals surface area contributed by atoms with Crippen LogP contribution in [-0.4, -0.2) is 11.0 Å². The lowest BCUT2D eigenvalue weighted by atomic mass is 10.2. The van der Waals surface area contributed by atoms with Crippen molar-refractivity contribution in [1.82, 2.24) is 10.3 Å². The third-order valence-corrected chi connectivity index (χ3v) is 3.39. The second-order valence-electron chi connectivity index (χ2n) is 4.43. The van der Waals surface area contributed by atoms with Crippen molar-refractivity contribution < 1.29 is 0 Å². The third-order valence-electron chi connectivity index (χ3n) is 2.49. The molecule has 17 heavy (non-hydrogen) atoms. The lowest BCUT2D eigenvalue weighted by Gasteiger charge is -2.04. The van der Waals surface area contributed by atoms with Gasteiger partial charge in [0.2, 0.25) is 0 Å². The largest absolute Gasteiger partial charge is 0.309 e. The van der Waals surface area contributed by atoms with E-state index in [2.05, 4.69) is 53.8 Å². The molecule has 2 rings (SSSR count). The fraction of sp³-hybridized carbons (Fsp3) is 0.357. The SMILES string of the molecule is CC(C)NCc1csc(Cc2ccccc2)n1. The molecule has 0 radical (unpaired) electrons. The highest BCUT2D eigenvalue weighted by Crippen LogP contribution is 2.14. The molecule has 3 heteroatoms. The highest BCUT2D eigenvalue weighted by molar-refractivity contribution is 7.09. The minimum absolute atomic E-state index is 0.509. The van der Waals surface area contributed by atoms with Crippen molar-refractivity contribution in [3.63, 3.8) is 0 Å². The molecule has 0 unspecified atom stereocenters. The molecule has 0 saturated carbocycles.